The second-order valence-electron chi connectivity index (χ2n) is 4.14. The third-order valence-electron chi connectivity index (χ3n) is 2.75. The zero-order chi connectivity index (χ0) is 14.0. The van der Waals surface area contributed by atoms with Gasteiger partial charge in [-0.3, -0.25) is 4.79 Å². The van der Waals surface area contributed by atoms with Crippen molar-refractivity contribution in [1.29, 1.82) is 0 Å². The molecule has 19 heavy (non-hydrogen) atoms. The van der Waals surface area contributed by atoms with Gasteiger partial charge in [-0.05, 0) is 25.1 Å². The maximum Gasteiger partial charge on any atom is 0.354 e. The molecule has 0 aliphatic carbocycles. The summed E-state index contributed by atoms with van der Waals surface area (Å²) < 4.78 is 4.55. The summed E-state index contributed by atoms with van der Waals surface area (Å²) in [5.74, 6) is -0.989. The van der Waals surface area contributed by atoms with Gasteiger partial charge < -0.3 is 14.8 Å². The lowest BCUT2D eigenvalue weighted by atomic mass is 10.0. The second kappa shape index (κ2) is 4.97. The van der Waals surface area contributed by atoms with Crippen molar-refractivity contribution in [3.63, 3.8) is 0 Å². The van der Waals surface area contributed by atoms with Crippen molar-refractivity contribution in [2.75, 3.05) is 7.11 Å². The van der Waals surface area contributed by atoms with Gasteiger partial charge in [-0.1, -0.05) is 11.6 Å². The molecule has 0 atom stereocenters. The highest BCUT2D eigenvalue weighted by molar-refractivity contribution is 6.11. The van der Waals surface area contributed by atoms with Gasteiger partial charge >= 0.3 is 5.97 Å². The number of H-pyrrole nitrogens is 1. The van der Waals surface area contributed by atoms with E-state index in [0.717, 1.165) is 5.56 Å². The number of phenolic OH excluding ortho intramolecular Hbond substituents is 1. The molecular formula is C14H13NO4. The number of ketones is 1. The number of aryl methyl sites for hydroxylation is 1. The Morgan fingerprint density at radius 1 is 1.26 bits per heavy atom. The predicted octanol–water partition coefficient (Wildman–Crippen LogP) is 2.05. The van der Waals surface area contributed by atoms with Crippen molar-refractivity contribution in [2.45, 2.75) is 6.92 Å². The lowest BCUT2D eigenvalue weighted by molar-refractivity contribution is 0.0595. The number of aromatic nitrogens is 1. The van der Waals surface area contributed by atoms with Gasteiger partial charge in [-0.15, -0.1) is 0 Å². The number of methoxy groups -OCH3 is 1. The molecule has 0 unspecified atom stereocenters. The first kappa shape index (κ1) is 12.9. The standard InChI is InChI=1S/C14H13NO4/c1-8-3-4-12(16)10(5-8)13(17)9-6-11(15-7-9)14(18)19-2/h3-7,15-16H,1-2H3. The van der Waals surface area contributed by atoms with Gasteiger partial charge in [0.15, 0.2) is 5.78 Å². The Bertz CT molecular complexity index is 643. The fourth-order valence-electron chi connectivity index (χ4n) is 1.74. The minimum absolute atomic E-state index is 0.0866. The molecule has 5 heteroatoms. The Kier molecular flexibility index (Phi) is 3.37. The minimum Gasteiger partial charge on any atom is -0.507 e. The van der Waals surface area contributed by atoms with Gasteiger partial charge in [0, 0.05) is 11.8 Å². The van der Waals surface area contributed by atoms with Crippen LogP contribution in [-0.4, -0.2) is 29.0 Å². The number of aromatic hydroxyl groups is 1. The third-order valence-corrected chi connectivity index (χ3v) is 2.75. The summed E-state index contributed by atoms with van der Waals surface area (Å²) in [4.78, 5) is 26.2. The highest BCUT2D eigenvalue weighted by atomic mass is 16.5. The molecule has 5 nitrogen and oxygen atoms in total. The number of carbonyl (C=O) groups excluding carboxylic acids is 2. The van der Waals surface area contributed by atoms with Crippen LogP contribution in [0.2, 0.25) is 0 Å². The summed E-state index contributed by atoms with van der Waals surface area (Å²) in [6.07, 6.45) is 1.41. The molecule has 2 N–H and O–H groups in total. The van der Waals surface area contributed by atoms with Crippen LogP contribution in [0.25, 0.3) is 0 Å². The molecule has 0 amide bonds. The fraction of sp³-hybridized carbons (Fsp3) is 0.143. The SMILES string of the molecule is COC(=O)c1cc(C(=O)c2cc(C)ccc2O)c[nH]1. The molecule has 2 aromatic rings. The average molecular weight is 259 g/mol. The van der Waals surface area contributed by atoms with Crippen molar-refractivity contribution < 1.29 is 19.4 Å². The van der Waals surface area contributed by atoms with Crippen LogP contribution in [-0.2, 0) is 4.74 Å². The molecule has 0 saturated heterocycles. The number of carbonyl (C=O) groups is 2. The Hall–Kier alpha value is -2.56. The molecule has 0 saturated carbocycles. The summed E-state index contributed by atoms with van der Waals surface area (Å²) in [6.45, 7) is 1.83. The molecule has 0 spiro atoms. The zero-order valence-corrected chi connectivity index (χ0v) is 10.6. The molecule has 1 aromatic carbocycles. The van der Waals surface area contributed by atoms with E-state index < -0.39 is 5.97 Å². The quantitative estimate of drug-likeness (QED) is 0.653. The normalized spacial score (nSPS) is 10.2. The first-order valence-corrected chi connectivity index (χ1v) is 5.64. The van der Waals surface area contributed by atoms with E-state index in [2.05, 4.69) is 9.72 Å². The molecule has 0 fully saturated rings. The van der Waals surface area contributed by atoms with Crippen LogP contribution >= 0.6 is 0 Å². The van der Waals surface area contributed by atoms with Crippen LogP contribution in [0.1, 0.15) is 32.0 Å². The predicted molar refractivity (Wildman–Crippen MR) is 68.4 cm³/mol. The van der Waals surface area contributed by atoms with Crippen LogP contribution in [0, 0.1) is 6.92 Å². The van der Waals surface area contributed by atoms with Crippen LogP contribution in [0.4, 0.5) is 0 Å². The Morgan fingerprint density at radius 3 is 2.68 bits per heavy atom. The van der Waals surface area contributed by atoms with Crippen LogP contribution in [0.5, 0.6) is 5.75 Å². The molecule has 1 heterocycles. The van der Waals surface area contributed by atoms with E-state index in [1.807, 2.05) is 6.92 Å². The number of benzene rings is 1. The number of aromatic amines is 1. The number of hydrogen-bond donors (Lipinski definition) is 2. The maximum atomic E-state index is 12.2. The summed E-state index contributed by atoms with van der Waals surface area (Å²) in [5.41, 5.74) is 1.56. The molecular weight excluding hydrogens is 246 g/mol. The van der Waals surface area contributed by atoms with E-state index in [1.54, 1.807) is 12.1 Å². The van der Waals surface area contributed by atoms with Crippen molar-refractivity contribution in [1.82, 2.24) is 4.98 Å². The zero-order valence-electron chi connectivity index (χ0n) is 10.6. The Labute approximate surface area is 109 Å². The smallest absolute Gasteiger partial charge is 0.354 e. The minimum atomic E-state index is -0.549. The van der Waals surface area contributed by atoms with E-state index >= 15 is 0 Å². The maximum absolute atomic E-state index is 12.2. The molecule has 0 aliphatic heterocycles. The van der Waals surface area contributed by atoms with Gasteiger partial charge in [0.05, 0.1) is 12.7 Å². The molecule has 1 aromatic heterocycles. The third kappa shape index (κ3) is 2.49. The summed E-state index contributed by atoms with van der Waals surface area (Å²) in [5, 5.41) is 9.71. The average Bonchev–Trinajstić information content (AvgIpc) is 2.89. The molecule has 0 bridgehead atoms. The number of esters is 1. The highest BCUT2D eigenvalue weighted by Crippen LogP contribution is 2.22. The van der Waals surface area contributed by atoms with Crippen molar-refractivity contribution in [3.05, 3.63) is 52.8 Å². The summed E-state index contributed by atoms with van der Waals surface area (Å²) >= 11 is 0. The van der Waals surface area contributed by atoms with E-state index in [9.17, 15) is 14.7 Å². The lowest BCUT2D eigenvalue weighted by Crippen LogP contribution is -2.02. The number of hydrogen-bond acceptors (Lipinski definition) is 4. The Morgan fingerprint density at radius 2 is 2.00 bits per heavy atom. The highest BCUT2D eigenvalue weighted by Gasteiger charge is 2.17. The number of phenols is 1. The largest absolute Gasteiger partial charge is 0.507 e. The van der Waals surface area contributed by atoms with Crippen LogP contribution < -0.4 is 0 Å². The topological polar surface area (TPSA) is 79.4 Å². The fourth-order valence-corrected chi connectivity index (χ4v) is 1.74. The van der Waals surface area contributed by atoms with Crippen molar-refractivity contribution >= 4 is 11.8 Å². The molecule has 98 valence electrons. The van der Waals surface area contributed by atoms with Gasteiger partial charge in [0.1, 0.15) is 11.4 Å². The van der Waals surface area contributed by atoms with Gasteiger partial charge in [-0.25, -0.2) is 4.79 Å². The first-order valence-electron chi connectivity index (χ1n) is 5.64. The first-order chi connectivity index (χ1) is 9.02. The summed E-state index contributed by atoms with van der Waals surface area (Å²) in [6, 6.07) is 6.18. The molecule has 0 radical (unpaired) electrons. The van der Waals surface area contributed by atoms with E-state index in [1.165, 1.54) is 25.4 Å². The van der Waals surface area contributed by atoms with E-state index in [-0.39, 0.29) is 22.8 Å². The van der Waals surface area contributed by atoms with E-state index in [4.69, 9.17) is 0 Å². The van der Waals surface area contributed by atoms with Crippen LogP contribution in [0.3, 0.4) is 0 Å². The van der Waals surface area contributed by atoms with Gasteiger partial charge in [-0.2, -0.15) is 0 Å². The summed E-state index contributed by atoms with van der Waals surface area (Å²) in [7, 11) is 1.26. The van der Waals surface area contributed by atoms with E-state index in [0.29, 0.717) is 5.56 Å². The number of ether oxygens (including phenoxy) is 1. The number of nitrogens with one attached hydrogen (secondary N) is 1. The molecule has 2 rings (SSSR count). The monoisotopic (exact) mass is 259 g/mol. The van der Waals surface area contributed by atoms with Crippen LogP contribution in [0.15, 0.2) is 30.5 Å². The van der Waals surface area contributed by atoms with Gasteiger partial charge in [0.2, 0.25) is 0 Å². The molecule has 0 aliphatic rings. The Balaban J connectivity index is 2.36. The second-order valence-corrected chi connectivity index (χ2v) is 4.14. The van der Waals surface area contributed by atoms with Gasteiger partial charge in [0.25, 0.3) is 0 Å². The number of rotatable bonds is 3. The lowest BCUT2D eigenvalue weighted by Gasteiger charge is -2.03. The van der Waals surface area contributed by atoms with Crippen molar-refractivity contribution in [2.24, 2.45) is 0 Å². The van der Waals surface area contributed by atoms with Crippen molar-refractivity contribution in [3.8, 4) is 5.75 Å².